The zero-order valence-electron chi connectivity index (χ0n) is 21.6. The van der Waals surface area contributed by atoms with E-state index in [0.717, 1.165) is 45.0 Å². The monoisotopic (exact) mass is 502 g/mol. The second-order valence-electron chi connectivity index (χ2n) is 10.1. The van der Waals surface area contributed by atoms with E-state index in [1.165, 1.54) is 0 Å². The smallest absolute Gasteiger partial charge is 0.629 e. The van der Waals surface area contributed by atoms with Crippen molar-refractivity contribution in [1.82, 2.24) is 0 Å². The van der Waals surface area contributed by atoms with Crippen LogP contribution in [-0.4, -0.2) is 60.1 Å². The van der Waals surface area contributed by atoms with E-state index < -0.39 is 13.4 Å². The summed E-state index contributed by atoms with van der Waals surface area (Å²) in [6, 6.07) is 16.3. The molecule has 0 radical (unpaired) electrons. The van der Waals surface area contributed by atoms with Crippen molar-refractivity contribution >= 4 is 24.8 Å². The molecule has 0 spiro atoms. The van der Waals surface area contributed by atoms with Gasteiger partial charge < -0.3 is 27.6 Å². The Labute approximate surface area is 222 Å². The lowest BCUT2D eigenvalue weighted by molar-refractivity contribution is -0.467. The van der Waals surface area contributed by atoms with Crippen molar-refractivity contribution in [2.24, 2.45) is 0 Å². The predicted octanol–water partition coefficient (Wildman–Crippen LogP) is 4.12. The Morgan fingerprint density at radius 2 is 1.11 bits per heavy atom. The van der Waals surface area contributed by atoms with Crippen molar-refractivity contribution in [3.63, 3.8) is 0 Å². The molecule has 1 saturated heterocycles. The molecule has 0 aromatic heterocycles. The third-order valence-electron chi connectivity index (χ3n) is 8.19. The number of benzene rings is 2. The molecular formula is C30H28B2N2O4. The fourth-order valence-corrected chi connectivity index (χ4v) is 6.36. The van der Waals surface area contributed by atoms with Crippen LogP contribution in [0.25, 0.3) is 0 Å². The van der Waals surface area contributed by atoms with Gasteiger partial charge in [0, 0.05) is 13.8 Å². The Balaban J connectivity index is 1.38. The number of fused-ring (bicyclic) bond motifs is 4. The van der Waals surface area contributed by atoms with Crippen LogP contribution in [0.5, 0.6) is 11.5 Å². The second kappa shape index (κ2) is 8.76. The summed E-state index contributed by atoms with van der Waals surface area (Å²) in [7, 11) is 0. The summed E-state index contributed by atoms with van der Waals surface area (Å²) < 4.78 is 31.8. The van der Waals surface area contributed by atoms with Crippen molar-refractivity contribution in [2.45, 2.75) is 13.8 Å². The molecule has 188 valence electrons. The lowest BCUT2D eigenvalue weighted by atomic mass is 9.59. The molecular weight excluding hydrogens is 474 g/mol. The van der Waals surface area contributed by atoms with Gasteiger partial charge in [0.15, 0.2) is 0 Å². The van der Waals surface area contributed by atoms with E-state index >= 15 is 0 Å². The molecule has 38 heavy (non-hydrogen) atoms. The molecule has 7 rings (SSSR count). The van der Waals surface area contributed by atoms with E-state index in [9.17, 15) is 0 Å². The minimum absolute atomic E-state index is 0.390. The molecule has 5 aliphatic rings. The Kier molecular flexibility index (Phi) is 5.33. The average molecular weight is 502 g/mol. The summed E-state index contributed by atoms with van der Waals surface area (Å²) in [6.07, 6.45) is 11.9. The molecule has 0 amide bonds. The van der Waals surface area contributed by atoms with Crippen LogP contribution in [0.1, 0.15) is 25.0 Å². The SMILES string of the molecule is CC1=[N+]2CCO[B-]3(C4=C=CC=C4)Oc4ccccc4C(C)=[N+]3CCO[B-]2(C2=C=CC=C2)Oc2ccccc21. The first kappa shape index (κ1) is 23.1. The first-order valence-electron chi connectivity index (χ1n) is 13.2. The van der Waals surface area contributed by atoms with Gasteiger partial charge in [-0.15, -0.1) is 11.5 Å². The van der Waals surface area contributed by atoms with Crippen LogP contribution in [0.4, 0.5) is 0 Å². The van der Waals surface area contributed by atoms with Crippen LogP contribution in [0, 0.1) is 0 Å². The van der Waals surface area contributed by atoms with E-state index in [2.05, 4.69) is 46.4 Å². The highest BCUT2D eigenvalue weighted by atomic mass is 16.6. The number of hydrogen-bond donors (Lipinski definition) is 0. The van der Waals surface area contributed by atoms with Crippen LogP contribution in [0.15, 0.2) is 107 Å². The molecule has 6 nitrogen and oxygen atoms in total. The highest BCUT2D eigenvalue weighted by Crippen LogP contribution is 2.36. The molecule has 2 aromatic carbocycles. The molecule has 0 saturated carbocycles. The summed E-state index contributed by atoms with van der Waals surface area (Å²) in [5.41, 5.74) is 12.8. The first-order valence-corrected chi connectivity index (χ1v) is 13.2. The maximum absolute atomic E-state index is 6.88. The van der Waals surface area contributed by atoms with Gasteiger partial charge in [0.25, 0.3) is 0 Å². The van der Waals surface area contributed by atoms with Crippen molar-refractivity contribution in [1.29, 1.82) is 0 Å². The number of para-hydroxylation sites is 2. The van der Waals surface area contributed by atoms with Gasteiger partial charge in [0.1, 0.15) is 24.5 Å². The maximum Gasteiger partial charge on any atom is 0.632 e. The molecule has 2 unspecified atom stereocenters. The van der Waals surface area contributed by atoms with Crippen LogP contribution >= 0.6 is 0 Å². The summed E-state index contributed by atoms with van der Waals surface area (Å²) in [6.45, 7) is 2.02. The standard InChI is InChI=1S/C30H28B2N2O4/c1-23-27-15-7-9-17-29(27)37-31(25-11-3-4-12-25)33(23)19-21-36-32(26-13-5-6-14-26)34(20-22-35-31)24(2)28-16-8-10-18-30(28)38-32/h3-11,13,15-18H,19-22H2,1-2H3. The van der Waals surface area contributed by atoms with Gasteiger partial charge in [-0.05, 0) is 47.4 Å². The Morgan fingerprint density at radius 3 is 1.53 bits per heavy atom. The van der Waals surface area contributed by atoms with Crippen molar-refractivity contribution in [3.05, 3.63) is 119 Å². The molecule has 2 aliphatic carbocycles. The van der Waals surface area contributed by atoms with Gasteiger partial charge in [0.2, 0.25) is 0 Å². The first-order chi connectivity index (χ1) is 18.6. The summed E-state index contributed by atoms with van der Waals surface area (Å²) in [5, 5.41) is 0. The Morgan fingerprint density at radius 1 is 0.658 bits per heavy atom. The largest absolute Gasteiger partial charge is 0.632 e. The van der Waals surface area contributed by atoms with E-state index in [1.54, 1.807) is 0 Å². The summed E-state index contributed by atoms with van der Waals surface area (Å²) >= 11 is 0. The Hall–Kier alpha value is -4.05. The molecule has 2 aromatic rings. The van der Waals surface area contributed by atoms with E-state index in [1.807, 2.05) is 72.9 Å². The van der Waals surface area contributed by atoms with E-state index in [4.69, 9.17) is 18.6 Å². The van der Waals surface area contributed by atoms with Gasteiger partial charge in [-0.3, -0.25) is 0 Å². The highest BCUT2D eigenvalue weighted by Gasteiger charge is 2.56. The van der Waals surface area contributed by atoms with Crippen LogP contribution in [0.3, 0.4) is 0 Å². The third kappa shape index (κ3) is 3.32. The van der Waals surface area contributed by atoms with Crippen LogP contribution in [0.2, 0.25) is 0 Å². The second-order valence-corrected chi connectivity index (χ2v) is 10.1. The van der Waals surface area contributed by atoms with Crippen molar-refractivity contribution in [3.8, 4) is 11.5 Å². The molecule has 8 heteroatoms. The zero-order chi connectivity index (χ0) is 25.7. The lowest BCUT2D eigenvalue weighted by Crippen LogP contribution is -2.67. The maximum atomic E-state index is 6.88. The fraction of sp³-hybridized carbons (Fsp3) is 0.200. The van der Waals surface area contributed by atoms with Gasteiger partial charge in [0.05, 0.1) is 35.8 Å². The predicted molar refractivity (Wildman–Crippen MR) is 149 cm³/mol. The third-order valence-corrected chi connectivity index (χ3v) is 8.19. The average Bonchev–Trinajstić information content (AvgIpc) is 3.68. The quantitative estimate of drug-likeness (QED) is 0.458. The summed E-state index contributed by atoms with van der Waals surface area (Å²) in [4.78, 5) is 0. The number of hydrogen-bond acceptors (Lipinski definition) is 4. The number of allylic oxidation sites excluding steroid dienone is 6. The molecule has 0 bridgehead atoms. The molecule has 0 N–H and O–H groups in total. The number of rotatable bonds is 2. The van der Waals surface area contributed by atoms with Crippen LogP contribution in [-0.2, 0) is 9.31 Å². The highest BCUT2D eigenvalue weighted by molar-refractivity contribution is 6.71. The van der Waals surface area contributed by atoms with Crippen molar-refractivity contribution in [2.75, 3.05) is 26.3 Å². The van der Waals surface area contributed by atoms with Gasteiger partial charge in [-0.2, -0.15) is 0 Å². The van der Waals surface area contributed by atoms with E-state index in [-0.39, 0.29) is 0 Å². The molecule has 2 atom stereocenters. The Bertz CT molecular complexity index is 1520. The molecule has 3 aliphatic heterocycles. The van der Waals surface area contributed by atoms with Gasteiger partial charge in [-0.25, -0.2) is 0 Å². The molecule has 3 heterocycles. The lowest BCUT2D eigenvalue weighted by Gasteiger charge is -2.46. The zero-order valence-corrected chi connectivity index (χ0v) is 21.6. The minimum atomic E-state index is -2.05. The topological polar surface area (TPSA) is 42.9 Å². The normalized spacial score (nSPS) is 27.1. The van der Waals surface area contributed by atoms with Crippen molar-refractivity contribution < 1.29 is 27.6 Å². The van der Waals surface area contributed by atoms with E-state index in [0.29, 0.717) is 26.3 Å². The molecule has 1 fully saturated rings. The van der Waals surface area contributed by atoms with Gasteiger partial charge in [-0.1, -0.05) is 48.6 Å². The van der Waals surface area contributed by atoms with Gasteiger partial charge >= 0.3 is 13.4 Å². The van der Waals surface area contributed by atoms with Crippen LogP contribution < -0.4 is 9.31 Å². The fourth-order valence-electron chi connectivity index (χ4n) is 6.36. The minimum Gasteiger partial charge on any atom is -0.629 e. The summed E-state index contributed by atoms with van der Waals surface area (Å²) in [5.74, 6) is 1.63. The number of nitrogens with zero attached hydrogens (tertiary/aromatic N) is 2.